The van der Waals surface area contributed by atoms with Crippen molar-refractivity contribution in [2.24, 2.45) is 0 Å². The van der Waals surface area contributed by atoms with Crippen LogP contribution in [-0.2, 0) is 19.2 Å². The fourth-order valence-electron chi connectivity index (χ4n) is 0.0745. The summed E-state index contributed by atoms with van der Waals surface area (Å²) in [5, 5.41) is 43.8. The largest absolute Gasteiger partial charge is 0.503 e. The number of rotatable bonds is 4. The lowest BCUT2D eigenvalue weighted by Crippen LogP contribution is -2.24. The van der Waals surface area contributed by atoms with Gasteiger partial charge in [0, 0.05) is 14.2 Å². The zero-order valence-electron chi connectivity index (χ0n) is 13.1. The number of ether oxygens (including phenoxy) is 2. The summed E-state index contributed by atoms with van der Waals surface area (Å²) >= 11 is 0. The second kappa shape index (κ2) is 15.7. The van der Waals surface area contributed by atoms with Crippen molar-refractivity contribution < 1.29 is 59.8 Å². The maximum Gasteiger partial charge on any atom is 0.503 e. The Morgan fingerprint density at radius 1 is 0.682 bits per heavy atom. The maximum absolute atomic E-state index is 8.56. The van der Waals surface area contributed by atoms with Crippen LogP contribution in [0.4, 0.5) is 9.59 Å². The summed E-state index contributed by atoms with van der Waals surface area (Å²) in [6.45, 7) is 6.42. The summed E-state index contributed by atoms with van der Waals surface area (Å²) in [4.78, 5) is 24.8. The van der Waals surface area contributed by atoms with Crippen LogP contribution in [0.1, 0.15) is 27.7 Å². The number of hydrogen-bond acceptors (Lipinski definition) is 8. The van der Waals surface area contributed by atoms with Crippen molar-refractivity contribution in [3.63, 3.8) is 0 Å². The minimum atomic E-state index is -1.83. The molecule has 0 aliphatic heterocycles. The highest BCUT2D eigenvalue weighted by Crippen LogP contribution is 2.05. The molecule has 0 unspecified atom stereocenters. The van der Waals surface area contributed by atoms with E-state index in [-0.39, 0.29) is 0 Å². The van der Waals surface area contributed by atoms with E-state index >= 15 is 0 Å². The Morgan fingerprint density at radius 2 is 0.818 bits per heavy atom. The van der Waals surface area contributed by atoms with Gasteiger partial charge in [-0.3, -0.25) is 0 Å². The molecule has 12 heteroatoms. The molecule has 0 bridgehead atoms. The van der Waals surface area contributed by atoms with Gasteiger partial charge in [-0.15, -0.1) is 0 Å². The third-order valence-electron chi connectivity index (χ3n) is 1.42. The maximum atomic E-state index is 8.56. The van der Waals surface area contributed by atoms with Gasteiger partial charge in [-0.2, -0.15) is 0 Å². The summed E-state index contributed by atoms with van der Waals surface area (Å²) in [6.07, 6.45) is -3.67. The minimum Gasteiger partial charge on any atom is -0.450 e. The van der Waals surface area contributed by atoms with E-state index in [1.54, 1.807) is 27.7 Å². The zero-order chi connectivity index (χ0) is 19.0. The molecule has 0 atom stereocenters. The van der Waals surface area contributed by atoms with Crippen LogP contribution in [0.3, 0.4) is 0 Å². The van der Waals surface area contributed by atoms with Gasteiger partial charge in [-0.1, -0.05) is 0 Å². The van der Waals surface area contributed by atoms with Gasteiger partial charge >= 0.3 is 12.3 Å². The van der Waals surface area contributed by atoms with Crippen molar-refractivity contribution in [3.05, 3.63) is 0 Å². The monoisotopic (exact) mass is 336 g/mol. The molecule has 0 aliphatic rings. The van der Waals surface area contributed by atoms with Crippen LogP contribution in [0.2, 0.25) is 0 Å². The van der Waals surface area contributed by atoms with Gasteiger partial charge in [0.2, 0.25) is 0 Å². The minimum absolute atomic E-state index is 0.861. The van der Waals surface area contributed by atoms with Gasteiger partial charge in [0.05, 0.1) is 0 Å². The van der Waals surface area contributed by atoms with E-state index in [2.05, 4.69) is 19.2 Å². The van der Waals surface area contributed by atoms with Gasteiger partial charge in [-0.05, 0) is 27.7 Å². The fraction of sp³-hybridized carbons (Fsp3) is 0.800. The van der Waals surface area contributed by atoms with Gasteiger partial charge in [0.25, 0.3) is 0 Å². The van der Waals surface area contributed by atoms with E-state index in [1.807, 2.05) is 0 Å². The van der Waals surface area contributed by atoms with Gasteiger partial charge in [-0.25, -0.2) is 29.9 Å². The van der Waals surface area contributed by atoms with Crippen molar-refractivity contribution >= 4 is 12.3 Å². The van der Waals surface area contributed by atoms with Crippen molar-refractivity contribution in [1.29, 1.82) is 0 Å². The second-order valence-electron chi connectivity index (χ2n) is 3.96. The Balaban J connectivity index is -0.000000102. The Kier molecular flexibility index (Phi) is 20.3. The first-order chi connectivity index (χ1) is 9.71. The lowest BCUT2D eigenvalue weighted by molar-refractivity contribution is -0.384. The van der Waals surface area contributed by atoms with Crippen LogP contribution in [-0.4, -0.2) is 69.0 Å². The van der Waals surface area contributed by atoms with Crippen LogP contribution in [0, 0.1) is 0 Å². The summed E-state index contributed by atoms with van der Waals surface area (Å²) in [7, 11) is 2.91. The van der Waals surface area contributed by atoms with Crippen LogP contribution >= 0.6 is 0 Å². The molecule has 0 amide bonds. The Hall–Kier alpha value is -1.70. The van der Waals surface area contributed by atoms with Crippen LogP contribution in [0.25, 0.3) is 0 Å². The summed E-state index contributed by atoms with van der Waals surface area (Å²) in [6, 6.07) is 0. The molecule has 136 valence electrons. The lowest BCUT2D eigenvalue weighted by atomic mass is 10.4. The van der Waals surface area contributed by atoms with E-state index in [0.29, 0.717) is 0 Å². The van der Waals surface area contributed by atoms with Crippen LogP contribution < -0.4 is 0 Å². The van der Waals surface area contributed by atoms with Gasteiger partial charge in [0.1, 0.15) is 0 Å². The molecule has 0 saturated heterocycles. The van der Waals surface area contributed by atoms with Gasteiger partial charge in [0.15, 0.2) is 11.6 Å². The first kappa shape index (κ1) is 28.5. The molecule has 0 rings (SSSR count). The van der Waals surface area contributed by atoms with Crippen LogP contribution in [0.5, 0.6) is 0 Å². The molecule has 0 radical (unpaired) electrons. The Bertz CT molecular complexity index is 227. The van der Waals surface area contributed by atoms with E-state index < -0.39 is 23.9 Å². The summed E-state index contributed by atoms with van der Waals surface area (Å²) < 4.78 is 9.23. The standard InChI is InChI=1S/2C4H10O3.2CH2O3/c2*1-4(2,6-3)7-5;2*2-1(3)4/h2*5H,1-3H3;2*(H2,2,3,4). The quantitative estimate of drug-likeness (QED) is 0.249. The second-order valence-corrected chi connectivity index (χ2v) is 3.96. The molecule has 12 nitrogen and oxygen atoms in total. The van der Waals surface area contributed by atoms with Crippen molar-refractivity contribution in [2.45, 2.75) is 39.3 Å². The molecule has 0 aromatic heterocycles. The molecule has 0 aromatic rings. The summed E-state index contributed by atoms with van der Waals surface area (Å²) in [5.74, 6) is -1.72. The predicted octanol–water partition coefficient (Wildman–Crippen LogP) is 2.16. The highest BCUT2D eigenvalue weighted by atomic mass is 17.1. The molecular weight excluding hydrogens is 312 g/mol. The van der Waals surface area contributed by atoms with E-state index in [4.69, 9.17) is 40.5 Å². The molecule has 0 saturated carbocycles. The number of hydrogen-bond donors (Lipinski definition) is 6. The average Bonchev–Trinajstić information content (AvgIpc) is 2.38. The third kappa shape index (κ3) is 51.6. The normalized spacial score (nSPS) is 9.82. The molecule has 0 aliphatic carbocycles. The highest BCUT2D eigenvalue weighted by molar-refractivity contribution is 5.53. The highest BCUT2D eigenvalue weighted by Gasteiger charge is 2.15. The molecular formula is C10H24O12. The number of carboxylic acid groups (broad SMARTS) is 4. The molecule has 0 spiro atoms. The molecule has 0 aromatic carbocycles. The van der Waals surface area contributed by atoms with Crippen molar-refractivity contribution in [2.75, 3.05) is 14.2 Å². The fourth-order valence-corrected chi connectivity index (χ4v) is 0.0745. The van der Waals surface area contributed by atoms with Crippen LogP contribution in [0.15, 0.2) is 0 Å². The first-order valence-corrected chi connectivity index (χ1v) is 5.30. The lowest BCUT2D eigenvalue weighted by Gasteiger charge is -2.16. The molecule has 22 heavy (non-hydrogen) atoms. The molecule has 0 heterocycles. The van der Waals surface area contributed by atoms with Crippen molar-refractivity contribution in [3.8, 4) is 0 Å². The smallest absolute Gasteiger partial charge is 0.450 e. The number of carbonyl (C=O) groups is 2. The Morgan fingerprint density at radius 3 is 0.818 bits per heavy atom. The zero-order valence-corrected chi connectivity index (χ0v) is 13.1. The first-order valence-electron chi connectivity index (χ1n) is 5.30. The SMILES string of the molecule is COC(C)(C)OO.COC(C)(C)OO.O=C(O)O.O=C(O)O. The topological polar surface area (TPSA) is 192 Å². The summed E-state index contributed by atoms with van der Waals surface area (Å²) in [5.41, 5.74) is 0. The van der Waals surface area contributed by atoms with Crippen molar-refractivity contribution in [1.82, 2.24) is 0 Å². The van der Waals surface area contributed by atoms with E-state index in [9.17, 15) is 0 Å². The van der Waals surface area contributed by atoms with Gasteiger partial charge < -0.3 is 29.9 Å². The molecule has 6 N–H and O–H groups in total. The van der Waals surface area contributed by atoms with E-state index in [1.165, 1.54) is 14.2 Å². The average molecular weight is 336 g/mol. The molecule has 0 fully saturated rings. The predicted molar refractivity (Wildman–Crippen MR) is 70.9 cm³/mol. The van der Waals surface area contributed by atoms with E-state index in [0.717, 1.165) is 0 Å². The Labute approximate surface area is 126 Å². The third-order valence-corrected chi connectivity index (χ3v) is 1.42. The number of methoxy groups -OCH3 is 2.